The molecule has 6 aliphatic heterocycles. The van der Waals surface area contributed by atoms with Gasteiger partial charge in [0, 0.05) is 45.7 Å². The highest BCUT2D eigenvalue weighted by Crippen LogP contribution is 2.38. The van der Waals surface area contributed by atoms with Gasteiger partial charge < -0.3 is 70.2 Å². The van der Waals surface area contributed by atoms with Gasteiger partial charge in [-0.15, -0.1) is 0 Å². The lowest BCUT2D eigenvalue weighted by Gasteiger charge is -2.28. The Morgan fingerprint density at radius 1 is 0.496 bits per heavy atom. The van der Waals surface area contributed by atoms with E-state index in [9.17, 15) is 57.8 Å². The van der Waals surface area contributed by atoms with Crippen LogP contribution in [0.3, 0.4) is 0 Å². The van der Waals surface area contributed by atoms with Gasteiger partial charge in [0.15, 0.2) is 51.2 Å². The number of aliphatic carboxylic acids is 2. The molecule has 0 saturated carbocycles. The van der Waals surface area contributed by atoms with Crippen LogP contribution in [0.25, 0.3) is 58.3 Å². The number of aromatic nitrogens is 12. The SMILES string of the molecule is C.C=c1nc2c(c(=O)[nH]1)=Nc1cc(C)c(C)cc1N2CCCCNCC(=O)OC(C)(C)C.C=c1nc2c(c(=O)[nH]1)=Nc1cc(C)c(C)cc1N2CCNC(=O)CCC(=O)O.CC(=O)[C@@H](O)CCNCCn1c2nc(=O)[nH]c(=O)c-2nc2cc(C)c(C)cc21.Cc1cc2nc3c(=O)[nH]c(=O)nc-3n(CCCCNCC(=O)O)c2cc1C. The number of nitrogens with one attached hydrogen (secondary N) is 8. The van der Waals surface area contributed by atoms with Crippen LogP contribution >= 0.6 is 0 Å². The lowest BCUT2D eigenvalue weighted by molar-refractivity contribution is -0.153. The Bertz CT molecular complexity index is 5900. The van der Waals surface area contributed by atoms with E-state index in [1.165, 1.54) is 6.92 Å². The van der Waals surface area contributed by atoms with Crippen LogP contribution in [0.2, 0.25) is 0 Å². The molecule has 6 aromatic rings. The van der Waals surface area contributed by atoms with E-state index in [2.05, 4.69) is 107 Å². The molecule has 35 heteroatoms. The number of H-pyrrole nitrogens is 4. The third-order valence-corrected chi connectivity index (χ3v) is 18.8. The first kappa shape index (κ1) is 88.1. The number of carboxylic acid groups (broad SMARTS) is 2. The number of hydrogen-bond acceptors (Lipinski definition) is 26. The fraction of sp³-hybridized carbons (Fsp3) is 0.412. The molecule has 6 aliphatic rings. The number of ether oxygens (including phenoxy) is 1. The molecule has 0 unspecified atom stereocenters. The summed E-state index contributed by atoms with van der Waals surface area (Å²) in [5, 5.41) is 39.2. The van der Waals surface area contributed by atoms with Crippen molar-refractivity contribution in [3.05, 3.63) is 177 Å². The number of aromatic amines is 4. The van der Waals surface area contributed by atoms with Gasteiger partial charge in [-0.1, -0.05) is 20.6 Å². The van der Waals surface area contributed by atoms with Gasteiger partial charge in [-0.05, 0) is 228 Å². The van der Waals surface area contributed by atoms with Crippen molar-refractivity contribution in [1.82, 2.24) is 80.2 Å². The second-order valence-electron chi connectivity index (χ2n) is 28.9. The quantitative estimate of drug-likeness (QED) is 0.0199. The van der Waals surface area contributed by atoms with Crippen molar-refractivity contribution in [1.29, 1.82) is 0 Å². The molecule has 2 aromatic heterocycles. The average Bonchev–Trinajstić information content (AvgIpc) is 0.776. The summed E-state index contributed by atoms with van der Waals surface area (Å²) in [6, 6.07) is 15.7. The molecule has 1 atom stereocenters. The molecule has 0 spiro atoms. The van der Waals surface area contributed by atoms with Crippen molar-refractivity contribution in [2.45, 2.75) is 160 Å². The van der Waals surface area contributed by atoms with E-state index in [0.29, 0.717) is 98.0 Å². The second kappa shape index (κ2) is 38.8. The Kier molecular flexibility index (Phi) is 29.8. The number of benzene rings is 4. The molecule has 0 bridgehead atoms. The number of aliphatic hydroxyl groups is 1. The molecule has 0 fully saturated rings. The van der Waals surface area contributed by atoms with E-state index >= 15 is 0 Å². The Labute approximate surface area is 659 Å². The highest BCUT2D eigenvalue weighted by molar-refractivity contribution is 5.84. The highest BCUT2D eigenvalue weighted by atomic mass is 16.6. The largest absolute Gasteiger partial charge is 0.481 e. The zero-order valence-electron chi connectivity index (χ0n) is 65.9. The fourth-order valence-corrected chi connectivity index (χ4v) is 12.4. The number of fused-ring (bicyclic) bond motifs is 8. The van der Waals surface area contributed by atoms with Crippen LogP contribution in [0.15, 0.2) is 87.3 Å². The number of aliphatic hydroxyl groups excluding tert-OH is 1. The Morgan fingerprint density at radius 3 is 1.41 bits per heavy atom. The van der Waals surface area contributed by atoms with Gasteiger partial charge in [0.05, 0.1) is 64.3 Å². The summed E-state index contributed by atoms with van der Waals surface area (Å²) in [6.07, 6.45) is 2.19. The van der Waals surface area contributed by atoms with Crippen molar-refractivity contribution in [3.8, 4) is 23.0 Å². The average molecular weight is 1580 g/mol. The number of unbranched alkanes of at least 4 members (excludes halogenated alkanes) is 2. The molecule has 0 aliphatic carbocycles. The van der Waals surface area contributed by atoms with E-state index in [0.717, 1.165) is 98.3 Å². The number of carbonyl (C=O) groups excluding carboxylic acids is 3. The summed E-state index contributed by atoms with van der Waals surface area (Å²) in [5.41, 5.74) is 11.8. The topological polar surface area (TPSA) is 487 Å². The Balaban J connectivity index is 0.000000191. The summed E-state index contributed by atoms with van der Waals surface area (Å²) in [6.45, 7) is 34.9. The van der Waals surface area contributed by atoms with Gasteiger partial charge in [0.2, 0.25) is 5.91 Å². The first-order valence-electron chi connectivity index (χ1n) is 37.2. The van der Waals surface area contributed by atoms with Crippen molar-refractivity contribution < 1.29 is 44.0 Å². The van der Waals surface area contributed by atoms with Crippen molar-refractivity contribution in [3.63, 3.8) is 0 Å². The fourth-order valence-electron chi connectivity index (χ4n) is 12.4. The molecule has 0 saturated heterocycles. The van der Waals surface area contributed by atoms with Crippen LogP contribution in [0, 0.1) is 55.4 Å². The number of ketones is 1. The van der Waals surface area contributed by atoms with E-state index in [1.54, 1.807) is 4.57 Å². The normalized spacial score (nSPS) is 12.1. The van der Waals surface area contributed by atoms with Gasteiger partial charge >= 0.3 is 29.3 Å². The van der Waals surface area contributed by atoms with Gasteiger partial charge in [-0.25, -0.2) is 39.5 Å². The Morgan fingerprint density at radius 2 is 0.939 bits per heavy atom. The van der Waals surface area contributed by atoms with E-state index < -0.39 is 46.1 Å². The molecule has 1 amide bonds. The van der Waals surface area contributed by atoms with Gasteiger partial charge in [-0.2, -0.15) is 9.97 Å². The summed E-state index contributed by atoms with van der Waals surface area (Å²) in [5.74, 6) is -1.38. The number of anilines is 4. The third-order valence-electron chi connectivity index (χ3n) is 18.8. The standard InChI is InChI=1S/C23H31N5O3.C19H21N5O4.C19H23N5O4.C18H21N5O4.CH4/c1-14-11-17-18(12-15(14)2)28(21-20(27-17)22(30)26-16(3)25-21)10-8-7-9-24-13-19(29)31-23(4,5)6;1-10-8-13-14(9-11(10)2)24(7-6-20-15(25)4-5-16(26)27)18-17(23-13)19(28)22-12(3)21-18;1-10-8-13-14(9-11(10)2)24(7-6-20-5-4-15(26)12(3)25)17-16(21-13)18(27)23-19(28)22-17;1-10-7-12-13(8-11(10)2)23(6-4-3-5-19-9-14(24)25)16-15(20-12)17(26)22-18(27)21-16;/h11-12,24H,3,7-10,13H2,1-2,4-6H3,(H,26,30);8-9H,3-7H2,1-2H3,(H,20,25)(H,22,28)(H,26,27);8-9,15,20,26H,4-7H2,1-3H3,(H,23,27,28);7-8,19H,3-6,9H2,1-2H3,(H,24,25)(H,22,26,27);1H4/t;;15-;;/m..0../s1. The zero-order chi connectivity index (χ0) is 83.2. The van der Waals surface area contributed by atoms with E-state index in [4.69, 9.17) is 14.9 Å². The molecule has 8 heterocycles. The van der Waals surface area contributed by atoms with Crippen molar-refractivity contribution >= 4 is 99.2 Å². The van der Waals surface area contributed by atoms with Gasteiger partial charge in [-0.3, -0.25) is 53.1 Å². The number of Topliss-reactive ketones (excluding diaryl/α,β-unsaturated/α-hetero) is 1. The number of carbonyl (C=O) groups is 5. The van der Waals surface area contributed by atoms with Crippen LogP contribution in [-0.2, 0) is 41.8 Å². The molecule has 115 heavy (non-hydrogen) atoms. The maximum atomic E-state index is 12.5. The lowest BCUT2D eigenvalue weighted by Crippen LogP contribution is -2.44. The van der Waals surface area contributed by atoms with E-state index in [1.807, 2.05) is 126 Å². The number of aryl methyl sites for hydroxylation is 9. The minimum atomic E-state index is -1.02. The van der Waals surface area contributed by atoms with Crippen LogP contribution in [0.5, 0.6) is 0 Å². The predicted molar refractivity (Wildman–Crippen MR) is 437 cm³/mol. The molecule has 4 aromatic carbocycles. The lowest BCUT2D eigenvalue weighted by atomic mass is 10.1. The maximum absolute atomic E-state index is 12.5. The van der Waals surface area contributed by atoms with Crippen LogP contribution in [0.1, 0.15) is 125 Å². The molecule has 0 radical (unpaired) electrons. The molecule has 11 N–H and O–H groups in total. The number of amides is 1. The summed E-state index contributed by atoms with van der Waals surface area (Å²) < 4.78 is 8.94. The minimum Gasteiger partial charge on any atom is -0.481 e. The number of rotatable bonds is 27. The number of nitrogens with zero attached hydrogens (tertiary/aromatic N) is 12. The summed E-state index contributed by atoms with van der Waals surface area (Å²) in [7, 11) is 0. The molecule has 12 rings (SSSR count). The van der Waals surface area contributed by atoms with E-state index in [-0.39, 0.29) is 103 Å². The zero-order valence-corrected chi connectivity index (χ0v) is 65.9. The summed E-state index contributed by atoms with van der Waals surface area (Å²) >= 11 is 0. The Hall–Kier alpha value is -12.5. The monoisotopic (exact) mass is 1580 g/mol. The molecular formula is C80H100N20O15. The van der Waals surface area contributed by atoms with Gasteiger partial charge in [0.25, 0.3) is 22.2 Å². The highest BCUT2D eigenvalue weighted by Gasteiger charge is 2.27. The minimum absolute atomic E-state index is 0. The number of carboxylic acids is 2. The van der Waals surface area contributed by atoms with Gasteiger partial charge in [0.1, 0.15) is 22.7 Å². The smallest absolute Gasteiger partial charge is 0.349 e. The summed E-state index contributed by atoms with van der Waals surface area (Å²) in [4.78, 5) is 176. The predicted octanol–water partition coefficient (Wildman–Crippen LogP) is 3.52. The third kappa shape index (κ3) is 22.9. The molecule has 610 valence electrons. The number of esters is 1. The van der Waals surface area contributed by atoms with Crippen LogP contribution in [0.4, 0.5) is 34.4 Å². The van der Waals surface area contributed by atoms with Crippen LogP contribution in [-0.4, -0.2) is 174 Å². The molecular weight excluding hydrogens is 1480 g/mol. The van der Waals surface area contributed by atoms with Crippen LogP contribution < -0.4 is 86.4 Å². The second-order valence-corrected chi connectivity index (χ2v) is 28.9. The van der Waals surface area contributed by atoms with Crippen molar-refractivity contribution in [2.24, 2.45) is 9.98 Å². The number of hydrogen-bond donors (Lipinski definition) is 11. The molecule has 35 nitrogen and oxygen atoms in total. The van der Waals surface area contributed by atoms with Crippen molar-refractivity contribution in [2.75, 3.05) is 68.7 Å². The maximum Gasteiger partial charge on any atom is 0.349 e. The first-order chi connectivity index (χ1) is 53.9. The first-order valence-corrected chi connectivity index (χ1v) is 37.2.